The predicted octanol–water partition coefficient (Wildman–Crippen LogP) is -1.33. The molecule has 0 fully saturated rings. The SMILES string of the molecule is CCC(C)C(NC(=O)C(N)CCSC)C(=O)NC(CCCN=C(N)N)C(=O)NC(Cc1cnc[nH]1)C(=O)O. The second-order valence-electron chi connectivity index (χ2n) is 8.95. The molecule has 5 unspecified atom stereocenters. The number of H-pyrrole nitrogens is 1. The van der Waals surface area contributed by atoms with Gasteiger partial charge in [-0.25, -0.2) is 9.78 Å². The van der Waals surface area contributed by atoms with Crippen molar-refractivity contribution < 1.29 is 24.3 Å². The van der Waals surface area contributed by atoms with E-state index in [9.17, 15) is 24.3 Å². The van der Waals surface area contributed by atoms with E-state index in [1.807, 2.05) is 13.2 Å². The lowest BCUT2D eigenvalue weighted by atomic mass is 9.97. The molecule has 0 radical (unpaired) electrons. The molecule has 0 saturated carbocycles. The number of carboxylic acids is 1. The fourth-order valence-electron chi connectivity index (χ4n) is 3.46. The molecule has 5 atom stereocenters. The summed E-state index contributed by atoms with van der Waals surface area (Å²) in [5.74, 6) is -2.66. The smallest absolute Gasteiger partial charge is 0.326 e. The van der Waals surface area contributed by atoms with Crippen molar-refractivity contribution in [3.63, 3.8) is 0 Å². The Hall–Kier alpha value is -3.33. The van der Waals surface area contributed by atoms with Gasteiger partial charge in [0.25, 0.3) is 0 Å². The van der Waals surface area contributed by atoms with Crippen LogP contribution >= 0.6 is 11.8 Å². The lowest BCUT2D eigenvalue weighted by Gasteiger charge is -2.28. The van der Waals surface area contributed by atoms with Gasteiger partial charge in [0, 0.05) is 24.9 Å². The Balaban J connectivity index is 3.04. The zero-order valence-electron chi connectivity index (χ0n) is 22.1. The Morgan fingerprint density at radius 2 is 1.79 bits per heavy atom. The number of aromatic amines is 1. The van der Waals surface area contributed by atoms with Crippen LogP contribution in [0.5, 0.6) is 0 Å². The third kappa shape index (κ3) is 11.8. The Morgan fingerprint density at radius 1 is 1.11 bits per heavy atom. The van der Waals surface area contributed by atoms with E-state index < -0.39 is 47.9 Å². The first-order chi connectivity index (χ1) is 18.0. The number of carbonyl (C=O) groups is 4. The fraction of sp³-hybridized carbons (Fsp3) is 0.652. The van der Waals surface area contributed by atoms with E-state index in [0.29, 0.717) is 30.7 Å². The van der Waals surface area contributed by atoms with E-state index in [1.54, 1.807) is 18.7 Å². The maximum atomic E-state index is 13.3. The monoisotopic (exact) mass is 555 g/mol. The number of thioether (sulfide) groups is 1. The molecule has 1 heterocycles. The number of carbonyl (C=O) groups excluding carboxylic acids is 3. The van der Waals surface area contributed by atoms with Crippen molar-refractivity contribution in [1.29, 1.82) is 0 Å². The average Bonchev–Trinajstić information content (AvgIpc) is 3.39. The number of nitrogens with two attached hydrogens (primary N) is 3. The summed E-state index contributed by atoms with van der Waals surface area (Å²) in [7, 11) is 0. The fourth-order valence-corrected chi connectivity index (χ4v) is 3.95. The molecule has 0 aliphatic heterocycles. The molecule has 0 bridgehead atoms. The molecule has 0 spiro atoms. The molecule has 1 aromatic rings. The molecule has 0 aliphatic carbocycles. The van der Waals surface area contributed by atoms with Gasteiger partial charge < -0.3 is 43.2 Å². The Kier molecular flexibility index (Phi) is 14.8. The highest BCUT2D eigenvalue weighted by Crippen LogP contribution is 2.11. The molecule has 0 saturated heterocycles. The molecule has 214 valence electrons. The van der Waals surface area contributed by atoms with Crippen molar-refractivity contribution in [2.45, 2.75) is 70.1 Å². The van der Waals surface area contributed by atoms with Gasteiger partial charge in [0.05, 0.1) is 12.4 Å². The highest BCUT2D eigenvalue weighted by atomic mass is 32.2. The third-order valence-electron chi connectivity index (χ3n) is 5.93. The van der Waals surface area contributed by atoms with Gasteiger partial charge in [0.15, 0.2) is 5.96 Å². The first kappa shape index (κ1) is 32.7. The summed E-state index contributed by atoms with van der Waals surface area (Å²) in [6.45, 7) is 3.88. The first-order valence-electron chi connectivity index (χ1n) is 12.4. The van der Waals surface area contributed by atoms with Crippen molar-refractivity contribution in [3.8, 4) is 0 Å². The minimum Gasteiger partial charge on any atom is -0.480 e. The molecule has 0 aromatic carbocycles. The molecule has 0 aliphatic rings. The van der Waals surface area contributed by atoms with Crippen LogP contribution in [-0.2, 0) is 25.6 Å². The summed E-state index contributed by atoms with van der Waals surface area (Å²) in [6.07, 6.45) is 6.21. The van der Waals surface area contributed by atoms with Crippen molar-refractivity contribution in [2.24, 2.45) is 28.1 Å². The molecular formula is C23H41N9O5S. The number of aliphatic carboxylic acids is 1. The number of amides is 3. The third-order valence-corrected chi connectivity index (χ3v) is 6.58. The van der Waals surface area contributed by atoms with Gasteiger partial charge in [-0.05, 0) is 37.2 Å². The molecule has 1 rings (SSSR count). The van der Waals surface area contributed by atoms with E-state index >= 15 is 0 Å². The minimum absolute atomic E-state index is 0.0325. The highest BCUT2D eigenvalue weighted by Gasteiger charge is 2.32. The average molecular weight is 556 g/mol. The summed E-state index contributed by atoms with van der Waals surface area (Å²) in [5.41, 5.74) is 17.2. The van der Waals surface area contributed by atoms with Gasteiger partial charge >= 0.3 is 5.97 Å². The Morgan fingerprint density at radius 3 is 2.34 bits per heavy atom. The lowest BCUT2D eigenvalue weighted by Crippen LogP contribution is -2.58. The topological polar surface area (TPSA) is 244 Å². The largest absolute Gasteiger partial charge is 0.480 e. The van der Waals surface area contributed by atoms with Crippen LogP contribution < -0.4 is 33.2 Å². The van der Waals surface area contributed by atoms with Crippen molar-refractivity contribution in [2.75, 3.05) is 18.6 Å². The predicted molar refractivity (Wildman–Crippen MR) is 146 cm³/mol. The first-order valence-corrected chi connectivity index (χ1v) is 13.8. The van der Waals surface area contributed by atoms with Crippen LogP contribution in [-0.4, -0.2) is 87.4 Å². The number of aromatic nitrogens is 2. The summed E-state index contributed by atoms with van der Waals surface area (Å²) in [4.78, 5) is 61.4. The zero-order chi connectivity index (χ0) is 28.7. The lowest BCUT2D eigenvalue weighted by molar-refractivity contribution is -0.142. The maximum Gasteiger partial charge on any atom is 0.326 e. The highest BCUT2D eigenvalue weighted by molar-refractivity contribution is 7.98. The number of nitrogens with zero attached hydrogens (tertiary/aromatic N) is 2. The van der Waals surface area contributed by atoms with Crippen LogP contribution in [0.25, 0.3) is 0 Å². The van der Waals surface area contributed by atoms with E-state index in [2.05, 4.69) is 30.9 Å². The van der Waals surface area contributed by atoms with E-state index in [-0.39, 0.29) is 31.3 Å². The molecular weight excluding hydrogens is 514 g/mol. The summed E-state index contributed by atoms with van der Waals surface area (Å²) >= 11 is 1.56. The summed E-state index contributed by atoms with van der Waals surface area (Å²) in [6, 6.07) is -4.09. The van der Waals surface area contributed by atoms with Gasteiger partial charge in [-0.1, -0.05) is 20.3 Å². The quantitative estimate of drug-likeness (QED) is 0.0602. The Labute approximate surface area is 226 Å². The van der Waals surface area contributed by atoms with Crippen LogP contribution in [0.3, 0.4) is 0 Å². The molecule has 14 nitrogen and oxygen atoms in total. The van der Waals surface area contributed by atoms with Gasteiger partial charge in [-0.3, -0.25) is 19.4 Å². The van der Waals surface area contributed by atoms with Gasteiger partial charge in [-0.15, -0.1) is 0 Å². The number of imidazole rings is 1. The number of aliphatic imine (C=N–C) groups is 1. The summed E-state index contributed by atoms with van der Waals surface area (Å²) in [5, 5.41) is 17.5. The Bertz CT molecular complexity index is 924. The zero-order valence-corrected chi connectivity index (χ0v) is 22.9. The van der Waals surface area contributed by atoms with Crippen molar-refractivity contribution in [3.05, 3.63) is 18.2 Å². The van der Waals surface area contributed by atoms with E-state index in [1.165, 1.54) is 12.5 Å². The minimum atomic E-state index is -1.26. The van der Waals surface area contributed by atoms with Crippen LogP contribution in [0.4, 0.5) is 0 Å². The van der Waals surface area contributed by atoms with Gasteiger partial charge in [0.2, 0.25) is 17.7 Å². The van der Waals surface area contributed by atoms with Crippen LogP contribution in [0.2, 0.25) is 0 Å². The van der Waals surface area contributed by atoms with Crippen molar-refractivity contribution >= 4 is 41.4 Å². The molecule has 38 heavy (non-hydrogen) atoms. The maximum absolute atomic E-state index is 13.3. The second-order valence-corrected chi connectivity index (χ2v) is 9.94. The molecule has 1 aromatic heterocycles. The van der Waals surface area contributed by atoms with Crippen molar-refractivity contribution in [1.82, 2.24) is 25.9 Å². The molecule has 15 heteroatoms. The number of carboxylic acid groups (broad SMARTS) is 1. The molecule has 3 amide bonds. The van der Waals surface area contributed by atoms with E-state index in [4.69, 9.17) is 17.2 Å². The van der Waals surface area contributed by atoms with Gasteiger partial charge in [-0.2, -0.15) is 11.8 Å². The van der Waals surface area contributed by atoms with Crippen LogP contribution in [0.1, 0.15) is 45.2 Å². The second kappa shape index (κ2) is 17.2. The normalized spacial score (nSPS) is 14.8. The number of rotatable bonds is 18. The van der Waals surface area contributed by atoms with Crippen LogP contribution in [0.15, 0.2) is 17.5 Å². The van der Waals surface area contributed by atoms with Crippen LogP contribution in [0, 0.1) is 5.92 Å². The van der Waals surface area contributed by atoms with E-state index in [0.717, 1.165) is 0 Å². The molecule has 11 N–H and O–H groups in total. The summed E-state index contributed by atoms with van der Waals surface area (Å²) < 4.78 is 0. The number of hydrogen-bond donors (Lipinski definition) is 8. The standard InChI is InChI=1S/C23H41N9O5S/c1-4-13(2)18(32-19(33)15(24)7-9-38-3)21(35)30-16(6-5-8-28-23(25)26)20(34)31-17(22(36)37)10-14-11-27-12-29-14/h11-13,15-18H,4-10,24H2,1-3H3,(H,27,29)(H,30,35)(H,31,34)(H,32,33)(H,36,37)(H4,25,26,28). The van der Waals surface area contributed by atoms with Gasteiger partial charge in [0.1, 0.15) is 18.1 Å². The number of hydrogen-bond acceptors (Lipinski definition) is 8. The number of guanidine groups is 1. The number of nitrogens with one attached hydrogen (secondary N) is 4.